The Morgan fingerprint density at radius 3 is 2.90 bits per heavy atom. The number of nitrogens with one attached hydrogen (secondary N) is 2. The van der Waals surface area contributed by atoms with Gasteiger partial charge in [-0.2, -0.15) is 4.37 Å². The molecule has 0 aliphatic heterocycles. The van der Waals surface area contributed by atoms with Crippen molar-refractivity contribution in [2.75, 3.05) is 5.32 Å². The molecule has 1 amide bonds. The van der Waals surface area contributed by atoms with Crippen molar-refractivity contribution in [2.45, 2.75) is 39.8 Å². The Morgan fingerprint density at radius 2 is 2.24 bits per heavy atom. The number of nitrogens with zero attached hydrogens (tertiary/aromatic N) is 2. The monoisotopic (exact) mass is 304 g/mol. The maximum absolute atomic E-state index is 12.1. The molecule has 0 spiro atoms. The molecule has 1 atom stereocenters. The van der Waals surface area contributed by atoms with Gasteiger partial charge in [-0.15, -0.1) is 0 Å². The molecule has 1 heterocycles. The van der Waals surface area contributed by atoms with Gasteiger partial charge in [0.2, 0.25) is 5.13 Å². The number of hydrogen-bond acceptors (Lipinski definition) is 5. The van der Waals surface area contributed by atoms with Crippen LogP contribution in [-0.4, -0.2) is 21.3 Å². The highest BCUT2D eigenvalue weighted by molar-refractivity contribution is 7.09. The standard InChI is InChI=1S/C15H20N4OS/c1-4-10(2)17-14(20)13-7-5-6-12(8-13)9-16-15-18-11(3)19-21-15/h5-8,10H,4,9H2,1-3H3,(H,17,20)(H,16,18,19). The van der Waals surface area contributed by atoms with Crippen LogP contribution in [0.4, 0.5) is 5.13 Å². The third-order valence-electron chi connectivity index (χ3n) is 3.15. The molecule has 0 aliphatic rings. The van der Waals surface area contributed by atoms with Gasteiger partial charge in [0.15, 0.2) is 0 Å². The summed E-state index contributed by atoms with van der Waals surface area (Å²) in [4.78, 5) is 16.3. The van der Waals surface area contributed by atoms with E-state index >= 15 is 0 Å². The molecule has 0 bridgehead atoms. The van der Waals surface area contributed by atoms with E-state index in [9.17, 15) is 4.79 Å². The van der Waals surface area contributed by atoms with Crippen molar-refractivity contribution in [1.82, 2.24) is 14.7 Å². The van der Waals surface area contributed by atoms with Crippen LogP contribution >= 0.6 is 11.5 Å². The van der Waals surface area contributed by atoms with Gasteiger partial charge in [0, 0.05) is 29.7 Å². The SMILES string of the molecule is CCC(C)NC(=O)c1cccc(CNc2nc(C)ns2)c1. The zero-order chi connectivity index (χ0) is 15.2. The summed E-state index contributed by atoms with van der Waals surface area (Å²) in [5.74, 6) is 0.738. The first-order valence-corrected chi connectivity index (χ1v) is 7.79. The molecular weight excluding hydrogens is 284 g/mol. The Morgan fingerprint density at radius 1 is 1.43 bits per heavy atom. The molecule has 112 valence electrons. The van der Waals surface area contributed by atoms with Crippen LogP contribution in [0.1, 0.15) is 42.0 Å². The normalized spacial score (nSPS) is 12.0. The number of anilines is 1. The summed E-state index contributed by atoms with van der Waals surface area (Å²) < 4.78 is 4.12. The summed E-state index contributed by atoms with van der Waals surface area (Å²) in [6.07, 6.45) is 0.920. The molecule has 2 N–H and O–H groups in total. The molecule has 5 nitrogen and oxygen atoms in total. The van der Waals surface area contributed by atoms with E-state index in [0.717, 1.165) is 22.9 Å². The lowest BCUT2D eigenvalue weighted by atomic mass is 10.1. The summed E-state index contributed by atoms with van der Waals surface area (Å²) in [6.45, 7) is 6.54. The van der Waals surface area contributed by atoms with Crippen LogP contribution in [0.5, 0.6) is 0 Å². The molecule has 21 heavy (non-hydrogen) atoms. The average molecular weight is 304 g/mol. The van der Waals surface area contributed by atoms with Gasteiger partial charge in [-0.05, 0) is 38.0 Å². The van der Waals surface area contributed by atoms with E-state index in [1.54, 1.807) is 0 Å². The second kappa shape index (κ2) is 7.17. The lowest BCUT2D eigenvalue weighted by Gasteiger charge is -2.12. The quantitative estimate of drug-likeness (QED) is 0.861. The Labute approximate surface area is 129 Å². The third-order valence-corrected chi connectivity index (χ3v) is 3.91. The second-order valence-electron chi connectivity index (χ2n) is 4.98. The number of amides is 1. The van der Waals surface area contributed by atoms with E-state index in [1.807, 2.05) is 38.1 Å². The number of rotatable bonds is 6. The van der Waals surface area contributed by atoms with Gasteiger partial charge in [-0.3, -0.25) is 4.79 Å². The van der Waals surface area contributed by atoms with Crippen LogP contribution in [0, 0.1) is 6.92 Å². The van der Waals surface area contributed by atoms with Crippen molar-refractivity contribution in [2.24, 2.45) is 0 Å². The lowest BCUT2D eigenvalue weighted by molar-refractivity contribution is 0.0939. The summed E-state index contributed by atoms with van der Waals surface area (Å²) in [5, 5.41) is 6.98. The minimum Gasteiger partial charge on any atom is -0.356 e. The largest absolute Gasteiger partial charge is 0.356 e. The number of aryl methyl sites for hydroxylation is 1. The van der Waals surface area contributed by atoms with Gasteiger partial charge in [0.05, 0.1) is 0 Å². The van der Waals surface area contributed by atoms with Crippen LogP contribution in [0.2, 0.25) is 0 Å². The molecule has 1 aromatic carbocycles. The van der Waals surface area contributed by atoms with E-state index < -0.39 is 0 Å². The van der Waals surface area contributed by atoms with Crippen LogP contribution in [0.15, 0.2) is 24.3 Å². The van der Waals surface area contributed by atoms with Gasteiger partial charge < -0.3 is 10.6 Å². The predicted octanol–water partition coefficient (Wildman–Crippen LogP) is 2.99. The van der Waals surface area contributed by atoms with Gasteiger partial charge in [0.25, 0.3) is 5.91 Å². The smallest absolute Gasteiger partial charge is 0.251 e. The average Bonchev–Trinajstić information content (AvgIpc) is 2.91. The number of aromatic nitrogens is 2. The molecule has 0 radical (unpaired) electrons. The minimum atomic E-state index is -0.0297. The van der Waals surface area contributed by atoms with Gasteiger partial charge in [-0.25, -0.2) is 4.98 Å². The number of carbonyl (C=O) groups is 1. The highest BCUT2D eigenvalue weighted by Gasteiger charge is 2.09. The van der Waals surface area contributed by atoms with E-state index in [2.05, 4.69) is 26.9 Å². The predicted molar refractivity (Wildman–Crippen MR) is 85.6 cm³/mol. The molecule has 6 heteroatoms. The van der Waals surface area contributed by atoms with E-state index in [-0.39, 0.29) is 11.9 Å². The van der Waals surface area contributed by atoms with Crippen molar-refractivity contribution in [3.63, 3.8) is 0 Å². The zero-order valence-corrected chi connectivity index (χ0v) is 13.3. The molecular formula is C15H20N4OS. The van der Waals surface area contributed by atoms with Crippen molar-refractivity contribution in [3.05, 3.63) is 41.2 Å². The Kier molecular flexibility index (Phi) is 5.27. The Balaban J connectivity index is 1.98. The summed E-state index contributed by atoms with van der Waals surface area (Å²) in [7, 11) is 0. The zero-order valence-electron chi connectivity index (χ0n) is 12.5. The molecule has 0 fully saturated rings. The number of carbonyl (C=O) groups excluding carboxylic acids is 1. The maximum atomic E-state index is 12.1. The minimum absolute atomic E-state index is 0.0297. The van der Waals surface area contributed by atoms with Crippen molar-refractivity contribution in [1.29, 1.82) is 0 Å². The van der Waals surface area contributed by atoms with Gasteiger partial charge >= 0.3 is 0 Å². The Bertz CT molecular complexity index is 611. The summed E-state index contributed by atoms with van der Waals surface area (Å²) >= 11 is 1.34. The highest BCUT2D eigenvalue weighted by Crippen LogP contribution is 2.13. The first kappa shape index (κ1) is 15.4. The van der Waals surface area contributed by atoms with E-state index in [1.165, 1.54) is 11.5 Å². The molecule has 2 aromatic rings. The second-order valence-corrected chi connectivity index (χ2v) is 5.74. The molecule has 0 saturated carbocycles. The molecule has 1 unspecified atom stereocenters. The van der Waals surface area contributed by atoms with Crippen LogP contribution in [-0.2, 0) is 6.54 Å². The molecule has 2 rings (SSSR count). The van der Waals surface area contributed by atoms with Crippen LogP contribution < -0.4 is 10.6 Å². The van der Waals surface area contributed by atoms with Crippen LogP contribution in [0.25, 0.3) is 0 Å². The molecule has 1 aromatic heterocycles. The van der Waals surface area contributed by atoms with Gasteiger partial charge in [-0.1, -0.05) is 19.1 Å². The fourth-order valence-electron chi connectivity index (χ4n) is 1.78. The van der Waals surface area contributed by atoms with Crippen molar-refractivity contribution < 1.29 is 4.79 Å². The maximum Gasteiger partial charge on any atom is 0.251 e. The fraction of sp³-hybridized carbons (Fsp3) is 0.400. The first-order chi connectivity index (χ1) is 10.1. The first-order valence-electron chi connectivity index (χ1n) is 7.02. The van der Waals surface area contributed by atoms with Crippen LogP contribution in [0.3, 0.4) is 0 Å². The molecule has 0 saturated heterocycles. The van der Waals surface area contributed by atoms with E-state index in [0.29, 0.717) is 12.1 Å². The lowest BCUT2D eigenvalue weighted by Crippen LogP contribution is -2.31. The third kappa shape index (κ3) is 4.53. The fourth-order valence-corrected chi connectivity index (χ4v) is 2.35. The molecule has 0 aliphatic carbocycles. The number of benzene rings is 1. The van der Waals surface area contributed by atoms with Crippen molar-refractivity contribution >= 4 is 22.6 Å². The van der Waals surface area contributed by atoms with E-state index in [4.69, 9.17) is 0 Å². The van der Waals surface area contributed by atoms with Gasteiger partial charge in [0.1, 0.15) is 5.82 Å². The summed E-state index contributed by atoms with van der Waals surface area (Å²) in [5.41, 5.74) is 1.72. The topological polar surface area (TPSA) is 66.9 Å². The van der Waals surface area contributed by atoms with Crippen molar-refractivity contribution in [3.8, 4) is 0 Å². The highest BCUT2D eigenvalue weighted by atomic mass is 32.1. The summed E-state index contributed by atoms with van der Waals surface area (Å²) in [6, 6.07) is 7.80. The number of hydrogen-bond donors (Lipinski definition) is 2. The Hall–Kier alpha value is -1.95.